The molecular formula is C68H55F4N29O6S3. The van der Waals surface area contributed by atoms with Crippen molar-refractivity contribution in [2.24, 2.45) is 0 Å². The first-order valence-electron chi connectivity index (χ1n) is 32.0. The number of benzene rings is 4. The fourth-order valence-corrected chi connectivity index (χ4v) is 12.0. The summed E-state index contributed by atoms with van der Waals surface area (Å²) < 4.78 is 81.5. The standard InChI is InChI=1S/C19H18FN9O2S.C18H16FN9O2S.C16H11FN6O.C15H10FN5OS/c1-28(19(30)31-2)12-13(21)24-15(25-14(12)22)16-26-17(18-23-7-8-32-18)29(27-16)9-10-5-3-4-6-11(10)20;1-30-18(29)23-11-12(20)24-14(25-13(11)21)15-26-16(17-22-6-7-31-17)28(27-15)8-9-4-2-3-5-10(9)19;17-12-5-2-1-4-11(12)10-23-16(13-6-9-24-22-13)20-15(21-23)14-18-7-3-8-19-14;16-11-4-2-1-3-10(11)7-21-14(15-17-5-6-23-15)19-13(20-21)12-8-22-9-18-12/h3-8H,9H2,1-2H3,(H4,21,22,24,25);2-7H,8H2,1H3,(H,23,29)(H4,20,21,24,25);1-9H,10H2;1-6,8-9H,7H2. The van der Waals surface area contributed by atoms with Gasteiger partial charge in [-0.2, -0.15) is 0 Å². The van der Waals surface area contributed by atoms with Crippen LogP contribution in [0.4, 0.5) is 61.8 Å². The van der Waals surface area contributed by atoms with Gasteiger partial charge in [-0.1, -0.05) is 78.0 Å². The van der Waals surface area contributed by atoms with Crippen molar-refractivity contribution >= 4 is 80.8 Å². The van der Waals surface area contributed by atoms with Crippen molar-refractivity contribution < 1.29 is 45.6 Å². The number of nitrogens with one attached hydrogen (secondary N) is 1. The van der Waals surface area contributed by atoms with Crippen LogP contribution in [-0.2, 0) is 35.7 Å². The number of thiazole rings is 3. The molecule has 4 aromatic carbocycles. The average molecular weight is 1550 g/mol. The van der Waals surface area contributed by atoms with Crippen molar-refractivity contribution in [2.45, 2.75) is 26.2 Å². The van der Waals surface area contributed by atoms with Crippen molar-refractivity contribution in [3.8, 4) is 90.5 Å². The smallest absolute Gasteiger partial charge is 0.413 e. The van der Waals surface area contributed by atoms with Gasteiger partial charge in [0.05, 0.1) is 40.4 Å². The lowest BCUT2D eigenvalue weighted by Crippen LogP contribution is -2.28. The second-order valence-electron chi connectivity index (χ2n) is 22.4. The minimum atomic E-state index is -0.770. The van der Waals surface area contributed by atoms with Crippen LogP contribution in [0.5, 0.6) is 0 Å². The molecule has 554 valence electrons. The molecule has 12 heterocycles. The summed E-state index contributed by atoms with van der Waals surface area (Å²) >= 11 is 4.15. The van der Waals surface area contributed by atoms with Crippen LogP contribution in [0.3, 0.4) is 0 Å². The number of amides is 2. The second-order valence-corrected chi connectivity index (χ2v) is 25.1. The zero-order valence-electron chi connectivity index (χ0n) is 57.3. The Morgan fingerprint density at radius 3 is 1.24 bits per heavy atom. The van der Waals surface area contributed by atoms with Crippen molar-refractivity contribution in [2.75, 3.05) is 54.4 Å². The predicted octanol–water partition coefficient (Wildman–Crippen LogP) is 10.6. The summed E-state index contributed by atoms with van der Waals surface area (Å²) in [5, 5.41) is 31.3. The average Bonchev–Trinajstić information content (AvgIpc) is 1.55. The quantitative estimate of drug-likeness (QED) is 0.0498. The number of ether oxygens (including phenoxy) is 2. The Morgan fingerprint density at radius 1 is 0.455 bits per heavy atom. The van der Waals surface area contributed by atoms with Gasteiger partial charge in [0.25, 0.3) is 0 Å². The second kappa shape index (κ2) is 33.7. The van der Waals surface area contributed by atoms with Crippen LogP contribution in [0.1, 0.15) is 22.3 Å². The SMILES string of the molecule is COC(=O)N(C)c1c(N)nc(-c2nc(-c3nccs3)n(Cc3ccccc3F)n2)nc1N.COC(=O)Nc1c(N)nc(-c2nc(-c3nccs3)n(Cc3ccccc3F)n2)nc1N.Fc1ccccc1Cn1nc(-c2cocn2)nc1-c1nccs1.Fc1ccccc1Cn1nc(-c2ncccn2)nc1-c1ccon1. The number of methoxy groups -OCH3 is 2. The van der Waals surface area contributed by atoms with Crippen LogP contribution >= 0.6 is 34.0 Å². The van der Waals surface area contributed by atoms with E-state index in [9.17, 15) is 27.2 Å². The van der Waals surface area contributed by atoms with E-state index in [0.29, 0.717) is 89.4 Å². The maximum Gasteiger partial charge on any atom is 0.413 e. The molecule has 0 aliphatic carbocycles. The van der Waals surface area contributed by atoms with E-state index >= 15 is 0 Å². The third-order valence-corrected chi connectivity index (χ3v) is 17.6. The molecule has 0 fully saturated rings. The number of oxazole rings is 1. The van der Waals surface area contributed by atoms with Crippen LogP contribution in [0.25, 0.3) is 90.5 Å². The molecule has 0 bridgehead atoms. The number of hydrogen-bond acceptors (Lipinski definition) is 32. The summed E-state index contributed by atoms with van der Waals surface area (Å²) in [4.78, 5) is 84.1. The summed E-state index contributed by atoms with van der Waals surface area (Å²) in [6.07, 6.45) is 10.9. The van der Waals surface area contributed by atoms with Crippen LogP contribution in [0.15, 0.2) is 184 Å². The van der Waals surface area contributed by atoms with Crippen LogP contribution in [0.2, 0.25) is 0 Å². The molecule has 110 heavy (non-hydrogen) atoms. The number of halogens is 4. The Labute approximate surface area is 629 Å². The molecule has 35 nitrogen and oxygen atoms in total. The molecule has 0 spiro atoms. The number of aromatic nitrogens is 23. The molecule has 0 unspecified atom stereocenters. The number of hydrogen-bond donors (Lipinski definition) is 5. The Hall–Kier alpha value is -14.6. The Morgan fingerprint density at radius 2 is 0.855 bits per heavy atom. The number of nitrogens with two attached hydrogens (primary N) is 4. The number of carbonyl (C=O) groups is 2. The van der Waals surface area contributed by atoms with E-state index in [0.717, 1.165) is 4.90 Å². The highest BCUT2D eigenvalue weighted by molar-refractivity contribution is 7.13. The Bertz CT molecular complexity index is 5750. The number of anilines is 6. The van der Waals surface area contributed by atoms with E-state index in [4.69, 9.17) is 31.9 Å². The van der Waals surface area contributed by atoms with E-state index < -0.39 is 12.2 Å². The lowest BCUT2D eigenvalue weighted by Gasteiger charge is -2.18. The topological polar surface area (TPSA) is 463 Å². The Kier molecular flexibility index (Phi) is 22.6. The van der Waals surface area contributed by atoms with Crippen LogP contribution in [0, 0.1) is 23.3 Å². The highest BCUT2D eigenvalue weighted by Crippen LogP contribution is 2.33. The molecule has 2 amide bonds. The fraction of sp³-hybridized carbons (Fsp3) is 0.103. The minimum Gasteiger partial charge on any atom is -0.453 e. The number of rotatable bonds is 18. The van der Waals surface area contributed by atoms with Gasteiger partial charge in [-0.05, 0) is 30.3 Å². The van der Waals surface area contributed by atoms with Crippen molar-refractivity contribution in [1.29, 1.82) is 0 Å². The maximum atomic E-state index is 14.2. The van der Waals surface area contributed by atoms with Gasteiger partial charge in [0.1, 0.15) is 52.9 Å². The van der Waals surface area contributed by atoms with Gasteiger partial charge in [-0.15, -0.1) is 54.4 Å². The highest BCUT2D eigenvalue weighted by atomic mass is 32.1. The molecule has 0 radical (unpaired) electrons. The summed E-state index contributed by atoms with van der Waals surface area (Å²) in [6, 6.07) is 29.2. The van der Waals surface area contributed by atoms with Gasteiger partial charge in [-0.25, -0.2) is 116 Å². The number of carbonyl (C=O) groups excluding carboxylic acids is 2. The maximum absolute atomic E-state index is 14.2. The monoisotopic (exact) mass is 1550 g/mol. The number of nitrogens with zero attached hydrogens (tertiary/aromatic N) is 24. The molecule has 0 aliphatic rings. The predicted molar refractivity (Wildman–Crippen MR) is 394 cm³/mol. The molecule has 0 saturated carbocycles. The van der Waals surface area contributed by atoms with Crippen LogP contribution < -0.4 is 33.2 Å². The molecule has 0 saturated heterocycles. The third kappa shape index (κ3) is 17.0. The van der Waals surface area contributed by atoms with Crippen molar-refractivity contribution in [3.63, 3.8) is 0 Å². The minimum absolute atomic E-state index is 0.0153. The van der Waals surface area contributed by atoms with Gasteiger partial charge < -0.3 is 41.3 Å². The van der Waals surface area contributed by atoms with Crippen molar-refractivity contribution in [3.05, 3.63) is 221 Å². The summed E-state index contributed by atoms with van der Waals surface area (Å²) in [6.45, 7) is 0.686. The molecule has 9 N–H and O–H groups in total. The van der Waals surface area contributed by atoms with Gasteiger partial charge in [0, 0.05) is 82.5 Å². The van der Waals surface area contributed by atoms with E-state index in [1.807, 2.05) is 5.38 Å². The summed E-state index contributed by atoms with van der Waals surface area (Å²) in [5.41, 5.74) is 26.9. The van der Waals surface area contributed by atoms with E-state index in [1.165, 1.54) is 108 Å². The summed E-state index contributed by atoms with van der Waals surface area (Å²) in [7, 11) is 3.86. The third-order valence-electron chi connectivity index (χ3n) is 15.3. The highest BCUT2D eigenvalue weighted by Gasteiger charge is 2.27. The zero-order chi connectivity index (χ0) is 76.8. The first kappa shape index (κ1) is 73.8. The first-order chi connectivity index (χ1) is 53.5. The molecule has 16 aromatic rings. The van der Waals surface area contributed by atoms with Gasteiger partial charge in [-0.3, -0.25) is 10.2 Å². The zero-order valence-corrected chi connectivity index (χ0v) is 59.7. The first-order valence-corrected chi connectivity index (χ1v) is 34.6. The van der Waals surface area contributed by atoms with Gasteiger partial charge in [0.15, 0.2) is 79.5 Å². The van der Waals surface area contributed by atoms with Gasteiger partial charge >= 0.3 is 12.2 Å². The van der Waals surface area contributed by atoms with Crippen molar-refractivity contribution in [1.82, 2.24) is 114 Å². The normalized spacial score (nSPS) is 10.9. The van der Waals surface area contributed by atoms with Gasteiger partial charge in [0.2, 0.25) is 34.9 Å². The van der Waals surface area contributed by atoms with E-state index in [1.54, 1.807) is 136 Å². The molecule has 0 aliphatic heterocycles. The largest absolute Gasteiger partial charge is 0.453 e. The molecule has 16 rings (SSSR count). The van der Waals surface area contributed by atoms with E-state index in [2.05, 4.69) is 110 Å². The summed E-state index contributed by atoms with van der Waals surface area (Å²) in [5.74, 6) is 1.70. The molecular weight excluding hydrogens is 1490 g/mol. The molecule has 42 heteroatoms. The lowest BCUT2D eigenvalue weighted by molar-refractivity contribution is 0.180. The van der Waals surface area contributed by atoms with Crippen LogP contribution in [-0.4, -0.2) is 148 Å². The van der Waals surface area contributed by atoms with E-state index in [-0.39, 0.29) is 107 Å². The Balaban J connectivity index is 0.000000130. The molecule has 12 aromatic heterocycles. The number of nitrogen functional groups attached to an aromatic ring is 4. The molecule has 0 atom stereocenters. The lowest BCUT2D eigenvalue weighted by atomic mass is 10.2. The fourth-order valence-electron chi connectivity index (χ4n) is 10.1.